The zero-order valence-corrected chi connectivity index (χ0v) is 16.2. The van der Waals surface area contributed by atoms with Crippen LogP contribution in [-0.2, 0) is 23.1 Å². The minimum absolute atomic E-state index is 0.219. The number of rotatable bonds is 4. The van der Waals surface area contributed by atoms with Gasteiger partial charge in [-0.05, 0) is 24.3 Å². The van der Waals surface area contributed by atoms with Gasteiger partial charge in [0.15, 0.2) is 0 Å². The van der Waals surface area contributed by atoms with Crippen molar-refractivity contribution in [2.75, 3.05) is 5.32 Å². The summed E-state index contributed by atoms with van der Waals surface area (Å²) in [6.07, 6.45) is 3.19. The van der Waals surface area contributed by atoms with E-state index in [1.54, 1.807) is 36.5 Å². The van der Waals surface area contributed by atoms with E-state index >= 15 is 0 Å². The molecule has 0 atom stereocenters. The first-order valence-corrected chi connectivity index (χ1v) is 10.5. The van der Waals surface area contributed by atoms with E-state index in [2.05, 4.69) is 20.3 Å². The summed E-state index contributed by atoms with van der Waals surface area (Å²) in [6, 6.07) is 18.3. The molecular formula is C21H17N5O2S. The predicted molar refractivity (Wildman–Crippen MR) is 110 cm³/mol. The zero-order valence-electron chi connectivity index (χ0n) is 15.4. The van der Waals surface area contributed by atoms with Crippen LogP contribution in [0, 0.1) is 0 Å². The Kier molecular flexibility index (Phi) is 4.22. The highest BCUT2D eigenvalue weighted by atomic mass is 32.2. The van der Waals surface area contributed by atoms with Crippen molar-refractivity contribution in [1.82, 2.24) is 19.3 Å². The predicted octanol–water partition coefficient (Wildman–Crippen LogP) is 3.47. The van der Waals surface area contributed by atoms with Gasteiger partial charge in [-0.25, -0.2) is 18.4 Å². The number of nitrogens with one attached hydrogen (secondary N) is 1. The molecule has 1 N–H and O–H groups in total. The second-order valence-electron chi connectivity index (χ2n) is 6.78. The highest BCUT2D eigenvalue weighted by molar-refractivity contribution is 7.89. The van der Waals surface area contributed by atoms with Gasteiger partial charge in [0.2, 0.25) is 10.0 Å². The summed E-state index contributed by atoms with van der Waals surface area (Å²) in [4.78, 5) is 13.4. The molecule has 0 amide bonds. The fraction of sp³-hybridized carbons (Fsp3) is 0.0952. The van der Waals surface area contributed by atoms with E-state index in [9.17, 15) is 8.42 Å². The standard InChI is InChI=1S/C21H17N5O2S/c27-29(28,17-7-2-1-3-8-17)26-12-18-20(13-26)23-14-24-21(18)25-16-10-15-6-4-5-9-19(15)22-11-16/h1-11,14H,12-13H2,(H,23,24,25). The molecule has 2 aromatic carbocycles. The Balaban J connectivity index is 1.45. The summed E-state index contributed by atoms with van der Waals surface area (Å²) >= 11 is 0. The maximum atomic E-state index is 13.0. The van der Waals surface area contributed by atoms with E-state index in [0.29, 0.717) is 11.5 Å². The average Bonchev–Trinajstić information content (AvgIpc) is 3.21. The summed E-state index contributed by atoms with van der Waals surface area (Å²) in [5, 5.41) is 4.28. The summed E-state index contributed by atoms with van der Waals surface area (Å²) < 4.78 is 27.4. The molecule has 7 nitrogen and oxygen atoms in total. The molecule has 0 spiro atoms. The summed E-state index contributed by atoms with van der Waals surface area (Å²) in [5.41, 5.74) is 3.18. The van der Waals surface area contributed by atoms with E-state index in [4.69, 9.17) is 0 Å². The largest absolute Gasteiger partial charge is 0.339 e. The van der Waals surface area contributed by atoms with Crippen LogP contribution in [-0.4, -0.2) is 27.7 Å². The van der Waals surface area contributed by atoms with Crippen LogP contribution in [0.1, 0.15) is 11.3 Å². The number of hydrogen-bond donors (Lipinski definition) is 1. The van der Waals surface area contributed by atoms with Crippen molar-refractivity contribution in [1.29, 1.82) is 0 Å². The van der Waals surface area contributed by atoms with Crippen molar-refractivity contribution in [3.63, 3.8) is 0 Å². The van der Waals surface area contributed by atoms with E-state index in [1.807, 2.05) is 30.3 Å². The molecule has 3 heterocycles. The minimum Gasteiger partial charge on any atom is -0.339 e. The number of anilines is 2. The molecule has 2 aromatic heterocycles. The van der Waals surface area contributed by atoms with Crippen LogP contribution in [0.2, 0.25) is 0 Å². The third-order valence-electron chi connectivity index (χ3n) is 4.93. The van der Waals surface area contributed by atoms with E-state index in [1.165, 1.54) is 10.6 Å². The van der Waals surface area contributed by atoms with Crippen LogP contribution in [0.25, 0.3) is 10.9 Å². The number of para-hydroxylation sites is 1. The maximum absolute atomic E-state index is 13.0. The van der Waals surface area contributed by atoms with Crippen molar-refractivity contribution in [3.8, 4) is 0 Å². The van der Waals surface area contributed by atoms with Gasteiger partial charge < -0.3 is 5.32 Å². The van der Waals surface area contributed by atoms with Crippen LogP contribution in [0.3, 0.4) is 0 Å². The van der Waals surface area contributed by atoms with Crippen molar-refractivity contribution < 1.29 is 8.42 Å². The molecule has 0 fully saturated rings. The van der Waals surface area contributed by atoms with Gasteiger partial charge in [-0.2, -0.15) is 4.31 Å². The molecule has 0 saturated heterocycles. The number of nitrogens with zero attached hydrogens (tertiary/aromatic N) is 4. The van der Waals surface area contributed by atoms with Crippen molar-refractivity contribution in [2.45, 2.75) is 18.0 Å². The Labute approximate surface area is 168 Å². The lowest BCUT2D eigenvalue weighted by atomic mass is 10.2. The molecule has 4 aromatic rings. The SMILES string of the molecule is O=S(=O)(c1ccccc1)N1Cc2ncnc(Nc3cnc4ccccc4c3)c2C1. The first kappa shape index (κ1) is 17.7. The van der Waals surface area contributed by atoms with Crippen LogP contribution in [0.5, 0.6) is 0 Å². The fourth-order valence-corrected chi connectivity index (χ4v) is 4.84. The lowest BCUT2D eigenvalue weighted by Gasteiger charge is -2.15. The topological polar surface area (TPSA) is 88.1 Å². The molecule has 0 unspecified atom stereocenters. The lowest BCUT2D eigenvalue weighted by Crippen LogP contribution is -2.25. The number of pyridine rings is 1. The molecule has 0 aliphatic carbocycles. The third-order valence-corrected chi connectivity index (χ3v) is 6.74. The molecule has 0 radical (unpaired) electrons. The Morgan fingerprint density at radius 3 is 2.55 bits per heavy atom. The highest BCUT2D eigenvalue weighted by Crippen LogP contribution is 2.32. The number of hydrogen-bond acceptors (Lipinski definition) is 6. The quantitative estimate of drug-likeness (QED) is 0.561. The van der Waals surface area contributed by atoms with Crippen LogP contribution in [0.15, 0.2) is 78.1 Å². The van der Waals surface area contributed by atoms with Gasteiger partial charge in [0, 0.05) is 17.5 Å². The van der Waals surface area contributed by atoms with Crippen molar-refractivity contribution >= 4 is 32.4 Å². The lowest BCUT2D eigenvalue weighted by molar-refractivity contribution is 0.430. The van der Waals surface area contributed by atoms with E-state index in [-0.39, 0.29) is 18.0 Å². The van der Waals surface area contributed by atoms with Gasteiger partial charge in [-0.15, -0.1) is 0 Å². The van der Waals surface area contributed by atoms with E-state index < -0.39 is 10.0 Å². The van der Waals surface area contributed by atoms with Crippen molar-refractivity contribution in [3.05, 3.63) is 84.4 Å². The molecule has 144 valence electrons. The Hall–Kier alpha value is -3.36. The molecule has 5 rings (SSSR count). The van der Waals surface area contributed by atoms with Gasteiger partial charge in [-0.3, -0.25) is 4.98 Å². The summed E-state index contributed by atoms with van der Waals surface area (Å²) in [7, 11) is -3.60. The molecule has 0 saturated carbocycles. The Bertz CT molecular complexity index is 1310. The fourth-order valence-electron chi connectivity index (χ4n) is 3.45. The zero-order chi connectivity index (χ0) is 19.8. The Morgan fingerprint density at radius 2 is 1.69 bits per heavy atom. The summed E-state index contributed by atoms with van der Waals surface area (Å²) in [5.74, 6) is 0.595. The van der Waals surface area contributed by atoms with Gasteiger partial charge in [0.1, 0.15) is 12.1 Å². The van der Waals surface area contributed by atoms with Crippen LogP contribution >= 0.6 is 0 Å². The van der Waals surface area contributed by atoms with Gasteiger partial charge in [0.05, 0.1) is 34.5 Å². The molecule has 0 bridgehead atoms. The highest BCUT2D eigenvalue weighted by Gasteiger charge is 2.33. The van der Waals surface area contributed by atoms with E-state index in [0.717, 1.165) is 22.2 Å². The van der Waals surface area contributed by atoms with Gasteiger partial charge in [0.25, 0.3) is 0 Å². The molecule has 1 aliphatic rings. The number of benzene rings is 2. The normalized spacial score (nSPS) is 14.1. The first-order chi connectivity index (χ1) is 14.1. The molecule has 1 aliphatic heterocycles. The molecule has 29 heavy (non-hydrogen) atoms. The third kappa shape index (κ3) is 3.22. The number of fused-ring (bicyclic) bond motifs is 2. The second-order valence-corrected chi connectivity index (χ2v) is 8.71. The smallest absolute Gasteiger partial charge is 0.243 e. The van der Waals surface area contributed by atoms with Crippen LogP contribution < -0.4 is 5.32 Å². The Morgan fingerprint density at radius 1 is 0.897 bits per heavy atom. The molecule has 8 heteroatoms. The maximum Gasteiger partial charge on any atom is 0.243 e. The average molecular weight is 403 g/mol. The van der Waals surface area contributed by atoms with Gasteiger partial charge in [-0.1, -0.05) is 36.4 Å². The van der Waals surface area contributed by atoms with Crippen molar-refractivity contribution in [2.24, 2.45) is 0 Å². The minimum atomic E-state index is -3.60. The summed E-state index contributed by atoms with van der Waals surface area (Å²) in [6.45, 7) is 0.441. The first-order valence-electron chi connectivity index (χ1n) is 9.11. The second kappa shape index (κ2) is 6.91. The number of sulfonamides is 1. The van der Waals surface area contributed by atoms with Gasteiger partial charge >= 0.3 is 0 Å². The number of aromatic nitrogens is 3. The molecular weight excluding hydrogens is 386 g/mol. The van der Waals surface area contributed by atoms with Crippen LogP contribution in [0.4, 0.5) is 11.5 Å². The monoisotopic (exact) mass is 403 g/mol.